The van der Waals surface area contributed by atoms with Crippen molar-refractivity contribution in [3.63, 3.8) is 0 Å². The molecule has 0 bridgehead atoms. The number of rotatable bonds is 2. The van der Waals surface area contributed by atoms with E-state index in [4.69, 9.17) is 0 Å². The monoisotopic (exact) mass is 288 g/mol. The molecule has 0 nitrogen and oxygen atoms in total. The van der Waals surface area contributed by atoms with Gasteiger partial charge in [-0.2, -0.15) is 0 Å². The van der Waals surface area contributed by atoms with Crippen LogP contribution >= 0.6 is 0 Å². The van der Waals surface area contributed by atoms with Gasteiger partial charge >= 0.3 is 0 Å². The third-order valence-corrected chi connectivity index (χ3v) is 3.88. The van der Waals surface area contributed by atoms with Gasteiger partial charge in [-0.1, -0.05) is 72.8 Å². The molecule has 2 aromatic carbocycles. The number of hydrogen-bond acceptors (Lipinski definition) is 0. The van der Waals surface area contributed by atoms with E-state index in [1.165, 1.54) is 22.3 Å². The molecule has 0 saturated carbocycles. The SMILES string of the molecule is C1=Cc2ccccc21.C1=Cc2ccccc21.C=C[SiH2]C=C. The molecular weight excluding hydrogens is 268 g/mol. The topological polar surface area (TPSA) is 0 Å². The Morgan fingerprint density at radius 3 is 0.952 bits per heavy atom. The van der Waals surface area contributed by atoms with Crippen molar-refractivity contribution in [2.75, 3.05) is 0 Å². The van der Waals surface area contributed by atoms with Gasteiger partial charge in [0.15, 0.2) is 0 Å². The van der Waals surface area contributed by atoms with Gasteiger partial charge in [-0.25, -0.2) is 0 Å². The van der Waals surface area contributed by atoms with Gasteiger partial charge in [0, 0.05) is 0 Å². The Bertz CT molecular complexity index is 568. The van der Waals surface area contributed by atoms with Gasteiger partial charge < -0.3 is 0 Å². The van der Waals surface area contributed by atoms with E-state index < -0.39 is 0 Å². The van der Waals surface area contributed by atoms with Crippen LogP contribution in [0.2, 0.25) is 0 Å². The van der Waals surface area contributed by atoms with Crippen LogP contribution in [-0.4, -0.2) is 9.52 Å². The van der Waals surface area contributed by atoms with Crippen LogP contribution in [0.4, 0.5) is 0 Å². The standard InChI is InChI=1S/2C8H6.C4H8Si/c2*1-2-4-8-6-5-7(8)3-1;1-3-5-4-2/h2*1-6H;3-4H,1-2,5H2. The molecule has 0 aliphatic heterocycles. The molecule has 0 fully saturated rings. The summed E-state index contributed by atoms with van der Waals surface area (Å²) in [5.41, 5.74) is 9.38. The van der Waals surface area contributed by atoms with E-state index in [1.807, 2.05) is 11.4 Å². The second-order valence-corrected chi connectivity index (χ2v) is 6.36. The number of benzene rings is 2. The van der Waals surface area contributed by atoms with Crippen LogP contribution in [0.25, 0.3) is 24.3 Å². The van der Waals surface area contributed by atoms with Gasteiger partial charge in [0.25, 0.3) is 0 Å². The van der Waals surface area contributed by atoms with Crippen molar-refractivity contribution in [3.05, 3.63) is 95.3 Å². The van der Waals surface area contributed by atoms with Gasteiger partial charge in [0.2, 0.25) is 0 Å². The first-order valence-corrected chi connectivity index (χ1v) is 8.74. The Kier molecular flexibility index (Phi) is 5.74. The predicted octanol–water partition coefficient (Wildman–Crippen LogP) is 4.78. The average Bonchev–Trinajstić information content (AvgIpc) is 2.44. The Morgan fingerprint density at radius 1 is 0.571 bits per heavy atom. The molecule has 0 atom stereocenters. The van der Waals surface area contributed by atoms with E-state index >= 15 is 0 Å². The van der Waals surface area contributed by atoms with Crippen molar-refractivity contribution in [1.82, 2.24) is 0 Å². The minimum atomic E-state index is -0.0401. The fourth-order valence-corrected chi connectivity index (χ4v) is 2.15. The van der Waals surface area contributed by atoms with Crippen molar-refractivity contribution in [3.8, 4) is 0 Å². The molecular formula is C20H20Si. The van der Waals surface area contributed by atoms with Crippen LogP contribution in [0.15, 0.2) is 73.1 Å². The first-order valence-electron chi connectivity index (χ1n) is 7.11. The molecule has 0 unspecified atom stereocenters. The van der Waals surface area contributed by atoms with Gasteiger partial charge in [-0.05, 0) is 22.3 Å². The predicted molar refractivity (Wildman–Crippen MR) is 99.7 cm³/mol. The zero-order chi connectivity index (χ0) is 14.9. The summed E-state index contributed by atoms with van der Waals surface area (Å²) >= 11 is 0. The second-order valence-electron chi connectivity index (χ2n) is 4.74. The van der Waals surface area contributed by atoms with E-state index in [9.17, 15) is 0 Å². The molecule has 1 heteroatoms. The van der Waals surface area contributed by atoms with Gasteiger partial charge in [-0.15, -0.1) is 24.6 Å². The molecule has 0 spiro atoms. The summed E-state index contributed by atoms with van der Waals surface area (Å²) < 4.78 is 0. The number of fused-ring (bicyclic) bond motifs is 2. The Labute approximate surface area is 129 Å². The van der Waals surface area contributed by atoms with Crippen molar-refractivity contribution in [1.29, 1.82) is 0 Å². The highest BCUT2D eigenvalue weighted by Gasteiger charge is 2.00. The van der Waals surface area contributed by atoms with E-state index in [0.29, 0.717) is 0 Å². The van der Waals surface area contributed by atoms with Crippen molar-refractivity contribution >= 4 is 33.8 Å². The lowest BCUT2D eigenvalue weighted by Gasteiger charge is -2.06. The van der Waals surface area contributed by atoms with Crippen molar-refractivity contribution in [2.45, 2.75) is 0 Å². The van der Waals surface area contributed by atoms with Crippen molar-refractivity contribution in [2.24, 2.45) is 0 Å². The Morgan fingerprint density at radius 2 is 0.857 bits per heavy atom. The molecule has 0 saturated heterocycles. The lowest BCUT2D eigenvalue weighted by Crippen LogP contribution is -1.85. The number of hydrogen-bond donors (Lipinski definition) is 0. The smallest absolute Gasteiger partial charge is 0.0676 e. The van der Waals surface area contributed by atoms with Crippen LogP contribution in [0.5, 0.6) is 0 Å². The summed E-state index contributed by atoms with van der Waals surface area (Å²) in [6, 6.07) is 16.7. The molecule has 2 aliphatic rings. The maximum atomic E-state index is 3.54. The second kappa shape index (κ2) is 8.03. The highest BCUT2D eigenvalue weighted by molar-refractivity contribution is 6.47. The van der Waals surface area contributed by atoms with Gasteiger partial charge in [0.05, 0.1) is 9.52 Å². The summed E-state index contributed by atoms with van der Waals surface area (Å²) in [6.07, 6.45) is 8.48. The maximum absolute atomic E-state index is 3.54. The average molecular weight is 288 g/mol. The first kappa shape index (κ1) is 15.0. The molecule has 2 aromatic rings. The summed E-state index contributed by atoms with van der Waals surface area (Å²) in [4.78, 5) is 0. The molecule has 0 N–H and O–H groups in total. The third kappa shape index (κ3) is 4.30. The van der Waals surface area contributed by atoms with E-state index in [-0.39, 0.29) is 9.52 Å². The lowest BCUT2D eigenvalue weighted by molar-refractivity contribution is 1.58. The summed E-state index contributed by atoms with van der Waals surface area (Å²) in [5, 5.41) is 0. The molecule has 4 rings (SSSR count). The van der Waals surface area contributed by atoms with Gasteiger partial charge in [0.1, 0.15) is 0 Å². The highest BCUT2D eigenvalue weighted by atomic mass is 28.2. The van der Waals surface area contributed by atoms with Crippen LogP contribution in [0, 0.1) is 0 Å². The van der Waals surface area contributed by atoms with Crippen molar-refractivity contribution < 1.29 is 0 Å². The van der Waals surface area contributed by atoms with Crippen LogP contribution < -0.4 is 0 Å². The summed E-state index contributed by atoms with van der Waals surface area (Å²) in [6.45, 7) is 7.08. The zero-order valence-electron chi connectivity index (χ0n) is 12.2. The normalized spacial score (nSPS) is 11.0. The highest BCUT2D eigenvalue weighted by Crippen LogP contribution is 2.22. The molecule has 0 amide bonds. The fraction of sp³-hybridized carbons (Fsp3) is 0. The van der Waals surface area contributed by atoms with E-state index in [1.54, 1.807) is 0 Å². The van der Waals surface area contributed by atoms with Crippen LogP contribution in [0.1, 0.15) is 22.3 Å². The first-order chi connectivity index (χ1) is 10.3. The maximum Gasteiger partial charge on any atom is 0.0676 e. The minimum absolute atomic E-state index is 0.0401. The van der Waals surface area contributed by atoms with E-state index in [2.05, 4.69) is 86.0 Å². The molecule has 0 aromatic heterocycles. The third-order valence-electron chi connectivity index (χ3n) is 3.21. The van der Waals surface area contributed by atoms with Crippen LogP contribution in [0.3, 0.4) is 0 Å². The quantitative estimate of drug-likeness (QED) is 0.466. The van der Waals surface area contributed by atoms with Crippen LogP contribution in [-0.2, 0) is 0 Å². The summed E-state index contributed by atoms with van der Waals surface area (Å²) in [5.74, 6) is 0. The minimum Gasteiger partial charge on any atom is -0.107 e. The Balaban J connectivity index is 0.000000120. The lowest BCUT2D eigenvalue weighted by atomic mass is 9.99. The molecule has 0 heterocycles. The summed E-state index contributed by atoms with van der Waals surface area (Å²) in [7, 11) is -0.0401. The molecule has 2 aliphatic carbocycles. The molecule has 0 radical (unpaired) electrons. The van der Waals surface area contributed by atoms with Gasteiger partial charge in [-0.3, -0.25) is 0 Å². The largest absolute Gasteiger partial charge is 0.107 e. The fourth-order valence-electron chi connectivity index (χ4n) is 1.91. The molecule has 104 valence electrons. The Hall–Kier alpha value is -2.38. The zero-order valence-corrected chi connectivity index (χ0v) is 13.6. The van der Waals surface area contributed by atoms with E-state index in [0.717, 1.165) is 0 Å². The molecule has 21 heavy (non-hydrogen) atoms.